The third kappa shape index (κ3) is 5.77. The molecule has 0 rings (SSSR count). The van der Waals surface area contributed by atoms with Gasteiger partial charge in [-0.25, -0.2) is 4.79 Å². The molecule has 0 aromatic heterocycles. The second-order valence-electron chi connectivity index (χ2n) is 4.67. The Hall–Kier alpha value is -0.573. The molecule has 2 nitrogen and oxygen atoms in total. The number of carbonyl (C=O) groups excluding carboxylic acids is 1. The molecule has 15 heavy (non-hydrogen) atoms. The molecule has 0 aromatic rings. The van der Waals surface area contributed by atoms with E-state index >= 15 is 0 Å². The molecule has 0 atom stereocenters. The van der Waals surface area contributed by atoms with Gasteiger partial charge in [-0.3, -0.25) is 0 Å². The van der Waals surface area contributed by atoms with Gasteiger partial charge < -0.3 is 4.74 Å². The summed E-state index contributed by atoms with van der Waals surface area (Å²) >= 11 is 0. The summed E-state index contributed by atoms with van der Waals surface area (Å²) < 4.78 is 5.30. The predicted octanol–water partition coefficient (Wildman–Crippen LogP) is 3.54. The van der Waals surface area contributed by atoms with Crippen molar-refractivity contribution in [3.63, 3.8) is 0 Å². The molecule has 0 saturated heterocycles. The molecule has 88 valence electrons. The van der Waals surface area contributed by atoms with Crippen LogP contribution in [0.25, 0.3) is 0 Å². The average Bonchev–Trinajstić information content (AvgIpc) is 2.15. The minimum atomic E-state index is -1.34. The first kappa shape index (κ1) is 14.4. The van der Waals surface area contributed by atoms with Crippen molar-refractivity contribution in [2.24, 2.45) is 0 Å². The van der Waals surface area contributed by atoms with Crippen molar-refractivity contribution in [1.82, 2.24) is 0 Å². The van der Waals surface area contributed by atoms with E-state index in [1.807, 2.05) is 0 Å². The Morgan fingerprint density at radius 3 is 2.07 bits per heavy atom. The Labute approximate surface area is 94.7 Å². The fourth-order valence-electron chi connectivity index (χ4n) is 1.84. The summed E-state index contributed by atoms with van der Waals surface area (Å²) in [7, 11) is -1.34. The van der Waals surface area contributed by atoms with Gasteiger partial charge in [0.1, 0.15) is 0 Å². The lowest BCUT2D eigenvalue weighted by atomic mass is 10.4. The smallest absolute Gasteiger partial charge is 0.332 e. The number of hydrogen-bond donors (Lipinski definition) is 0. The minimum Gasteiger partial charge on any atom is -0.466 e. The van der Waals surface area contributed by atoms with Crippen LogP contribution in [0.5, 0.6) is 0 Å². The molecule has 0 aromatic carbocycles. The van der Waals surface area contributed by atoms with Crippen LogP contribution in [-0.2, 0) is 9.53 Å². The minimum absolute atomic E-state index is 0.235. The van der Waals surface area contributed by atoms with E-state index in [9.17, 15) is 4.79 Å². The van der Waals surface area contributed by atoms with Crippen LogP contribution >= 0.6 is 0 Å². The van der Waals surface area contributed by atoms with Crippen molar-refractivity contribution in [2.45, 2.75) is 52.2 Å². The molecule has 0 aliphatic rings. The summed E-state index contributed by atoms with van der Waals surface area (Å²) in [5.74, 6) is -0.235. The summed E-state index contributed by atoms with van der Waals surface area (Å²) in [6.07, 6.45) is 3.03. The SMILES string of the molecule is C=C(C)C(=O)OC[Si](C)(CCC)CCC. The largest absolute Gasteiger partial charge is 0.466 e. The molecule has 0 unspecified atom stereocenters. The summed E-state index contributed by atoms with van der Waals surface area (Å²) in [4.78, 5) is 11.3. The quantitative estimate of drug-likeness (QED) is 0.378. The highest BCUT2D eigenvalue weighted by atomic mass is 28.3. The van der Waals surface area contributed by atoms with E-state index in [4.69, 9.17) is 4.74 Å². The third-order valence-corrected chi connectivity index (χ3v) is 6.86. The van der Waals surface area contributed by atoms with E-state index in [2.05, 4.69) is 27.0 Å². The first-order valence-electron chi connectivity index (χ1n) is 5.78. The van der Waals surface area contributed by atoms with Crippen molar-refractivity contribution < 1.29 is 9.53 Å². The van der Waals surface area contributed by atoms with E-state index in [1.54, 1.807) is 6.92 Å². The summed E-state index contributed by atoms with van der Waals surface area (Å²) in [5.41, 5.74) is 0.499. The van der Waals surface area contributed by atoms with Gasteiger partial charge in [-0.15, -0.1) is 0 Å². The topological polar surface area (TPSA) is 26.3 Å². The first-order chi connectivity index (χ1) is 6.95. The summed E-state index contributed by atoms with van der Waals surface area (Å²) in [6, 6.07) is 2.48. The predicted molar refractivity (Wildman–Crippen MR) is 67.6 cm³/mol. The highest BCUT2D eigenvalue weighted by molar-refractivity contribution is 6.78. The number of esters is 1. The van der Waals surface area contributed by atoms with Gasteiger partial charge in [0.15, 0.2) is 0 Å². The van der Waals surface area contributed by atoms with Gasteiger partial charge in [0, 0.05) is 5.57 Å². The van der Waals surface area contributed by atoms with Gasteiger partial charge in [-0.05, 0) is 6.92 Å². The molecular formula is C12H24O2Si. The zero-order chi connectivity index (χ0) is 11.9. The number of hydrogen-bond acceptors (Lipinski definition) is 2. The number of rotatable bonds is 7. The van der Waals surface area contributed by atoms with E-state index in [0.29, 0.717) is 11.8 Å². The van der Waals surface area contributed by atoms with E-state index < -0.39 is 8.07 Å². The van der Waals surface area contributed by atoms with Gasteiger partial charge in [-0.2, -0.15) is 0 Å². The Balaban J connectivity index is 4.17. The molecule has 0 heterocycles. The Kier molecular flexibility index (Phi) is 6.57. The van der Waals surface area contributed by atoms with E-state index in [1.165, 1.54) is 24.9 Å². The van der Waals surface area contributed by atoms with Gasteiger partial charge in [0.2, 0.25) is 0 Å². The van der Waals surface area contributed by atoms with Crippen molar-refractivity contribution in [1.29, 1.82) is 0 Å². The van der Waals surface area contributed by atoms with Crippen molar-refractivity contribution >= 4 is 14.0 Å². The van der Waals surface area contributed by atoms with Crippen LogP contribution in [0.4, 0.5) is 0 Å². The lowest BCUT2D eigenvalue weighted by Gasteiger charge is -2.25. The second kappa shape index (κ2) is 6.83. The van der Waals surface area contributed by atoms with Crippen molar-refractivity contribution in [3.8, 4) is 0 Å². The molecule has 0 amide bonds. The monoisotopic (exact) mass is 228 g/mol. The van der Waals surface area contributed by atoms with E-state index in [0.717, 1.165) is 0 Å². The molecule has 0 bridgehead atoms. The maximum atomic E-state index is 11.3. The van der Waals surface area contributed by atoms with Crippen LogP contribution in [0.2, 0.25) is 18.6 Å². The fraction of sp³-hybridized carbons (Fsp3) is 0.750. The second-order valence-corrected chi connectivity index (χ2v) is 9.58. The van der Waals surface area contributed by atoms with Crippen LogP contribution in [0, 0.1) is 0 Å². The van der Waals surface area contributed by atoms with Crippen LogP contribution in [0.3, 0.4) is 0 Å². The molecule has 0 aliphatic carbocycles. The average molecular weight is 228 g/mol. The van der Waals surface area contributed by atoms with Gasteiger partial charge >= 0.3 is 5.97 Å². The van der Waals surface area contributed by atoms with Gasteiger partial charge in [0.05, 0.1) is 14.3 Å². The number of carbonyl (C=O) groups is 1. The van der Waals surface area contributed by atoms with Crippen LogP contribution < -0.4 is 0 Å². The maximum absolute atomic E-state index is 11.3. The lowest BCUT2D eigenvalue weighted by Crippen LogP contribution is -2.37. The fourth-order valence-corrected chi connectivity index (χ4v) is 5.27. The summed E-state index contributed by atoms with van der Waals surface area (Å²) in [6.45, 7) is 12.0. The highest BCUT2D eigenvalue weighted by Gasteiger charge is 2.27. The molecule has 0 N–H and O–H groups in total. The molecule has 0 fully saturated rings. The number of ether oxygens (including phenoxy) is 1. The molecule has 0 radical (unpaired) electrons. The molecule has 0 aliphatic heterocycles. The van der Waals surface area contributed by atoms with Crippen molar-refractivity contribution in [2.75, 3.05) is 6.23 Å². The molecular weight excluding hydrogens is 204 g/mol. The van der Waals surface area contributed by atoms with Gasteiger partial charge in [0.25, 0.3) is 0 Å². The third-order valence-electron chi connectivity index (χ3n) is 2.61. The lowest BCUT2D eigenvalue weighted by molar-refractivity contribution is -0.137. The Morgan fingerprint density at radius 2 is 1.73 bits per heavy atom. The Morgan fingerprint density at radius 1 is 1.27 bits per heavy atom. The van der Waals surface area contributed by atoms with Crippen LogP contribution in [0.1, 0.15) is 33.6 Å². The standard InChI is InChI=1S/C12H24O2Si/c1-6-8-15(5,9-7-2)10-14-12(13)11(3)4/h3,6-10H2,1-2,4-5H3. The zero-order valence-corrected chi connectivity index (χ0v) is 11.6. The summed E-state index contributed by atoms with van der Waals surface area (Å²) in [5, 5.41) is 0. The zero-order valence-electron chi connectivity index (χ0n) is 10.6. The van der Waals surface area contributed by atoms with Crippen molar-refractivity contribution in [3.05, 3.63) is 12.2 Å². The first-order valence-corrected chi connectivity index (χ1v) is 8.90. The van der Waals surface area contributed by atoms with E-state index in [-0.39, 0.29) is 5.97 Å². The highest BCUT2D eigenvalue weighted by Crippen LogP contribution is 2.20. The normalized spacial score (nSPS) is 11.2. The van der Waals surface area contributed by atoms with Gasteiger partial charge in [-0.1, -0.05) is 51.9 Å². The molecule has 0 spiro atoms. The molecule has 0 saturated carbocycles. The molecule has 3 heteroatoms. The Bertz CT molecular complexity index is 218. The van der Waals surface area contributed by atoms with Crippen LogP contribution in [0.15, 0.2) is 12.2 Å². The van der Waals surface area contributed by atoms with Crippen LogP contribution in [-0.4, -0.2) is 20.3 Å². The maximum Gasteiger partial charge on any atom is 0.332 e.